The number of carbonyl (C=O) groups is 2. The van der Waals surface area contributed by atoms with Crippen LogP contribution in [0.25, 0.3) is 0 Å². The van der Waals surface area contributed by atoms with Crippen molar-refractivity contribution in [3.63, 3.8) is 0 Å². The molecule has 0 spiro atoms. The Hall–Kier alpha value is -5.38. The van der Waals surface area contributed by atoms with E-state index in [0.29, 0.717) is 80.6 Å². The molecule has 57 heavy (non-hydrogen) atoms. The van der Waals surface area contributed by atoms with Gasteiger partial charge in [-0.1, -0.05) is 42.5 Å². The minimum atomic E-state index is -4.59. The summed E-state index contributed by atoms with van der Waals surface area (Å²) in [5.41, 5.74) is 0.483. The largest absolute Gasteiger partial charge is 0.491 e. The molecule has 3 aromatic carbocycles. The number of ether oxygens (including phenoxy) is 3. The van der Waals surface area contributed by atoms with E-state index in [2.05, 4.69) is 14.9 Å². The summed E-state index contributed by atoms with van der Waals surface area (Å²) < 4.78 is 84.7. The van der Waals surface area contributed by atoms with Crippen molar-refractivity contribution >= 4 is 27.7 Å². The number of piperidine rings is 1. The molecule has 4 aromatic rings. The number of halogens is 3. The van der Waals surface area contributed by atoms with Gasteiger partial charge in [0.05, 0.1) is 18.0 Å². The molecule has 0 atom stereocenters. The van der Waals surface area contributed by atoms with E-state index in [4.69, 9.17) is 14.2 Å². The number of anilines is 1. The summed E-state index contributed by atoms with van der Waals surface area (Å²) in [6, 6.07) is 22.7. The molecule has 0 unspecified atom stereocenters. The van der Waals surface area contributed by atoms with Crippen molar-refractivity contribution in [3.8, 4) is 17.4 Å². The summed E-state index contributed by atoms with van der Waals surface area (Å²) >= 11 is 0. The molecule has 0 saturated carbocycles. The fourth-order valence-electron chi connectivity index (χ4n) is 6.70. The van der Waals surface area contributed by atoms with E-state index in [1.54, 1.807) is 58.3 Å². The van der Waals surface area contributed by atoms with E-state index in [1.807, 2.05) is 39.0 Å². The van der Waals surface area contributed by atoms with Gasteiger partial charge < -0.3 is 24.0 Å². The number of rotatable bonds is 13. The third kappa shape index (κ3) is 11.6. The van der Waals surface area contributed by atoms with Crippen molar-refractivity contribution in [2.45, 2.75) is 69.9 Å². The zero-order valence-electron chi connectivity index (χ0n) is 32.0. The second-order valence-corrected chi connectivity index (χ2v) is 17.0. The number of aromatic nitrogens is 2. The number of amides is 2. The van der Waals surface area contributed by atoms with Crippen molar-refractivity contribution in [2.24, 2.45) is 5.92 Å². The van der Waals surface area contributed by atoms with Crippen LogP contribution in [0.1, 0.15) is 79.6 Å². The van der Waals surface area contributed by atoms with Crippen molar-refractivity contribution in [3.05, 3.63) is 107 Å². The van der Waals surface area contributed by atoms with Gasteiger partial charge >= 0.3 is 12.3 Å². The van der Waals surface area contributed by atoms with E-state index in [0.717, 1.165) is 24.1 Å². The summed E-state index contributed by atoms with van der Waals surface area (Å²) in [5, 5.41) is 6.68. The molecule has 16 heteroatoms. The first-order chi connectivity index (χ1) is 27.0. The van der Waals surface area contributed by atoms with Gasteiger partial charge in [0.15, 0.2) is 5.69 Å². The summed E-state index contributed by atoms with van der Waals surface area (Å²) in [7, 11) is -3.87. The molecule has 6 rings (SSSR count). The van der Waals surface area contributed by atoms with E-state index >= 15 is 0 Å². The molecule has 2 aliphatic rings. The number of hydrogen-bond donors (Lipinski definition) is 1. The maximum Gasteiger partial charge on any atom is 0.435 e. The quantitative estimate of drug-likeness (QED) is 0.132. The lowest BCUT2D eigenvalue weighted by Gasteiger charge is -2.39. The smallest absolute Gasteiger partial charge is 0.435 e. The van der Waals surface area contributed by atoms with E-state index in [-0.39, 0.29) is 35.2 Å². The third-order valence-corrected chi connectivity index (χ3v) is 10.8. The Morgan fingerprint density at radius 1 is 0.877 bits per heavy atom. The molecule has 304 valence electrons. The molecule has 2 amide bonds. The number of likely N-dealkylation sites (tertiary alicyclic amines) is 2. The number of alkyl halides is 3. The van der Waals surface area contributed by atoms with E-state index in [1.165, 1.54) is 6.07 Å². The Morgan fingerprint density at radius 3 is 2.21 bits per heavy atom. The molecule has 2 fully saturated rings. The Kier molecular flexibility index (Phi) is 12.6. The Morgan fingerprint density at radius 2 is 1.58 bits per heavy atom. The number of hydrogen-bond acceptors (Lipinski definition) is 9. The van der Waals surface area contributed by atoms with Gasteiger partial charge in [0, 0.05) is 37.8 Å². The van der Waals surface area contributed by atoms with Crippen LogP contribution in [0, 0.1) is 5.92 Å². The van der Waals surface area contributed by atoms with Crippen molar-refractivity contribution in [2.75, 3.05) is 37.5 Å². The molecule has 3 heterocycles. The number of nitrogens with zero attached hydrogens (tertiary/aromatic N) is 4. The Bertz CT molecular complexity index is 2100. The highest BCUT2D eigenvalue weighted by Gasteiger charge is 2.34. The number of sulfonamides is 1. The number of carbonyl (C=O) groups excluding carboxylic acids is 2. The van der Waals surface area contributed by atoms with Crippen LogP contribution in [0.15, 0.2) is 84.9 Å². The first-order valence-corrected chi connectivity index (χ1v) is 20.4. The predicted octanol–water partition coefficient (Wildman–Crippen LogP) is 8.28. The van der Waals surface area contributed by atoms with Gasteiger partial charge in [-0.2, -0.15) is 13.2 Å². The summed E-state index contributed by atoms with van der Waals surface area (Å²) in [5.74, 6) is 0.628. The molecule has 1 aromatic heterocycles. The molecular weight excluding hydrogens is 764 g/mol. The highest BCUT2D eigenvalue weighted by Crippen LogP contribution is 2.34. The molecule has 0 aliphatic carbocycles. The normalized spacial score (nSPS) is 15.5. The number of nitrogens with one attached hydrogen (secondary N) is 1. The van der Waals surface area contributed by atoms with Gasteiger partial charge in [-0.25, -0.2) is 13.2 Å². The maximum atomic E-state index is 13.8. The van der Waals surface area contributed by atoms with E-state index < -0.39 is 27.5 Å². The summed E-state index contributed by atoms with van der Waals surface area (Å²) in [6.07, 6.45) is -2.04. The van der Waals surface area contributed by atoms with Crippen molar-refractivity contribution < 1.29 is 45.4 Å². The monoisotopic (exact) mass is 809 g/mol. The minimum absolute atomic E-state index is 0.0622. The second-order valence-electron chi connectivity index (χ2n) is 15.3. The van der Waals surface area contributed by atoms with Gasteiger partial charge in [0.1, 0.15) is 17.1 Å². The van der Waals surface area contributed by atoms with Crippen LogP contribution >= 0.6 is 0 Å². The molecule has 2 aliphatic heterocycles. The molecule has 2 saturated heterocycles. The molecule has 0 bridgehead atoms. The lowest BCUT2D eigenvalue weighted by atomic mass is 9.89. The van der Waals surface area contributed by atoms with Gasteiger partial charge in [-0.15, -0.1) is 10.2 Å². The van der Waals surface area contributed by atoms with Crippen LogP contribution in [0.4, 0.5) is 23.7 Å². The Labute approximate surface area is 330 Å². The summed E-state index contributed by atoms with van der Waals surface area (Å²) in [6.45, 7) is 7.98. The van der Waals surface area contributed by atoms with Gasteiger partial charge in [0.25, 0.3) is 5.91 Å². The van der Waals surface area contributed by atoms with Gasteiger partial charge in [0.2, 0.25) is 15.9 Å². The topological polar surface area (TPSA) is 140 Å². The zero-order valence-corrected chi connectivity index (χ0v) is 32.8. The molecule has 0 radical (unpaired) electrons. The van der Waals surface area contributed by atoms with Crippen LogP contribution in [0.2, 0.25) is 0 Å². The summed E-state index contributed by atoms with van der Waals surface area (Å²) in [4.78, 5) is 29.5. The van der Waals surface area contributed by atoms with Crippen LogP contribution in [0.3, 0.4) is 0 Å². The fourth-order valence-corrected chi connectivity index (χ4v) is 7.90. The SMILES string of the molecule is CC(C)(C)OC(=O)N1CC(CCCOc2ccc(C(=O)N3CCC(c4ccc(Oc5ccc(C(F)(F)F)nn5)cc4)CC3)cc2NS(=O)(=O)Cc2ccccc2)C1. The third-order valence-electron chi connectivity index (χ3n) is 9.60. The first-order valence-electron chi connectivity index (χ1n) is 18.8. The van der Waals surface area contributed by atoms with Gasteiger partial charge in [-0.3, -0.25) is 9.52 Å². The molecule has 1 N–H and O–H groups in total. The Balaban J connectivity index is 1.05. The average molecular weight is 810 g/mol. The molecule has 12 nitrogen and oxygen atoms in total. The lowest BCUT2D eigenvalue weighted by molar-refractivity contribution is -0.141. The number of benzene rings is 3. The maximum absolute atomic E-state index is 13.8. The minimum Gasteiger partial charge on any atom is -0.491 e. The van der Waals surface area contributed by atoms with Crippen molar-refractivity contribution in [1.82, 2.24) is 20.0 Å². The highest BCUT2D eigenvalue weighted by atomic mass is 32.2. The molecular formula is C41H46F3N5O7S. The van der Waals surface area contributed by atoms with E-state index in [9.17, 15) is 31.2 Å². The van der Waals surface area contributed by atoms with Crippen LogP contribution in [-0.2, 0) is 26.7 Å². The van der Waals surface area contributed by atoms with Crippen molar-refractivity contribution in [1.29, 1.82) is 0 Å². The highest BCUT2D eigenvalue weighted by molar-refractivity contribution is 7.91. The van der Waals surface area contributed by atoms with Crippen LogP contribution < -0.4 is 14.2 Å². The fraction of sp³-hybridized carbons (Fsp3) is 0.415. The standard InChI is InChI=1S/C41H46F3N5O7S/c1-40(2,3)56-39(51)49-25-29(26-49)10-7-23-54-35-16-13-32(24-34(35)47-57(52,53)27-28-8-5-4-6-9-28)38(50)48-21-19-31(20-22-48)30-11-14-33(15-12-30)55-37-18-17-36(45-46-37)41(42,43)44/h4-6,8-9,11-18,24,29,31,47H,7,10,19-23,25-27H2,1-3H3. The van der Waals surface area contributed by atoms with Crippen LogP contribution in [0.5, 0.6) is 17.4 Å². The van der Waals surface area contributed by atoms with Crippen LogP contribution in [-0.4, -0.2) is 78.8 Å². The predicted molar refractivity (Wildman–Crippen MR) is 207 cm³/mol. The lowest BCUT2D eigenvalue weighted by Crippen LogP contribution is -2.51. The second kappa shape index (κ2) is 17.4. The van der Waals surface area contributed by atoms with Gasteiger partial charge in [-0.05, 0) is 106 Å². The zero-order chi connectivity index (χ0) is 40.8. The first kappa shape index (κ1) is 41.3. The average Bonchev–Trinajstić information content (AvgIpc) is 3.13.